The zero-order valence-corrected chi connectivity index (χ0v) is 7.99. The lowest BCUT2D eigenvalue weighted by Crippen LogP contribution is -2.27. The molecular formula is C6H11BrF2O2. The minimum atomic E-state index is -3.29. The second-order valence-corrected chi connectivity index (χ2v) is 3.98. The van der Waals surface area contributed by atoms with Crippen LogP contribution in [0.5, 0.6) is 0 Å². The van der Waals surface area contributed by atoms with Gasteiger partial charge >= 0.3 is 5.02 Å². The molecule has 0 aliphatic rings. The molecule has 0 heterocycles. The fourth-order valence-electron chi connectivity index (χ4n) is 0.323. The molecule has 5 heteroatoms. The first-order chi connectivity index (χ1) is 4.77. The molecule has 0 aromatic heterocycles. The third kappa shape index (κ3) is 6.65. The van der Waals surface area contributed by atoms with Crippen LogP contribution in [0, 0.1) is 5.41 Å². The third-order valence-electron chi connectivity index (χ3n) is 1.05. The van der Waals surface area contributed by atoms with E-state index >= 15 is 0 Å². The van der Waals surface area contributed by atoms with Crippen LogP contribution in [-0.4, -0.2) is 23.3 Å². The largest absolute Gasteiger partial charge is 0.414 e. The van der Waals surface area contributed by atoms with Crippen LogP contribution in [0.2, 0.25) is 0 Å². The van der Waals surface area contributed by atoms with E-state index in [-0.39, 0.29) is 13.2 Å². The molecular weight excluding hydrogens is 222 g/mol. The first-order valence-electron chi connectivity index (χ1n) is 3.08. The van der Waals surface area contributed by atoms with Crippen molar-refractivity contribution in [2.24, 2.45) is 5.41 Å². The van der Waals surface area contributed by atoms with Gasteiger partial charge in [0.05, 0.1) is 13.2 Å². The molecule has 2 nitrogen and oxygen atoms in total. The van der Waals surface area contributed by atoms with E-state index in [2.05, 4.69) is 4.74 Å². The number of halogens is 3. The summed E-state index contributed by atoms with van der Waals surface area (Å²) in [4.78, 5) is 0. The minimum absolute atomic E-state index is 0.184. The summed E-state index contributed by atoms with van der Waals surface area (Å²) in [5.41, 5.74) is -0.628. The lowest BCUT2D eigenvalue weighted by Gasteiger charge is -2.22. The first kappa shape index (κ1) is 11.3. The summed E-state index contributed by atoms with van der Waals surface area (Å²) >= 11 is 2.02. The second kappa shape index (κ2) is 3.78. The van der Waals surface area contributed by atoms with Gasteiger partial charge in [-0.1, -0.05) is 13.8 Å². The maximum atomic E-state index is 12.0. The van der Waals surface area contributed by atoms with Gasteiger partial charge in [-0.15, -0.1) is 0 Å². The first-order valence-corrected chi connectivity index (χ1v) is 3.88. The molecule has 0 fully saturated rings. The van der Waals surface area contributed by atoms with Gasteiger partial charge in [0.2, 0.25) is 0 Å². The smallest absolute Gasteiger partial charge is 0.396 e. The van der Waals surface area contributed by atoms with Crippen molar-refractivity contribution in [3.8, 4) is 0 Å². The quantitative estimate of drug-likeness (QED) is 0.752. The van der Waals surface area contributed by atoms with Crippen molar-refractivity contribution in [1.82, 2.24) is 0 Å². The normalized spacial score (nSPS) is 13.6. The van der Waals surface area contributed by atoms with Crippen LogP contribution in [0.1, 0.15) is 13.8 Å². The molecule has 0 spiro atoms. The van der Waals surface area contributed by atoms with Crippen LogP contribution in [0.25, 0.3) is 0 Å². The molecule has 0 saturated heterocycles. The topological polar surface area (TPSA) is 29.5 Å². The molecule has 0 aliphatic heterocycles. The van der Waals surface area contributed by atoms with Crippen molar-refractivity contribution in [1.29, 1.82) is 0 Å². The number of rotatable bonds is 4. The van der Waals surface area contributed by atoms with Gasteiger partial charge in [0.15, 0.2) is 0 Å². The Morgan fingerprint density at radius 1 is 1.45 bits per heavy atom. The van der Waals surface area contributed by atoms with Gasteiger partial charge in [-0.05, 0) is 0 Å². The van der Waals surface area contributed by atoms with Crippen molar-refractivity contribution < 1.29 is 18.6 Å². The van der Waals surface area contributed by atoms with Crippen molar-refractivity contribution in [2.45, 2.75) is 18.9 Å². The zero-order valence-electron chi connectivity index (χ0n) is 6.40. The van der Waals surface area contributed by atoms with Crippen LogP contribution < -0.4 is 0 Å². The summed E-state index contributed by atoms with van der Waals surface area (Å²) in [5.74, 6) is 0. The third-order valence-corrected chi connectivity index (χ3v) is 1.28. The summed E-state index contributed by atoms with van der Waals surface area (Å²) in [7, 11) is 0. The summed E-state index contributed by atoms with van der Waals surface area (Å²) < 4.78 is 28.1. The molecule has 0 atom stereocenters. The maximum absolute atomic E-state index is 12.0. The number of alkyl halides is 3. The molecule has 68 valence electrons. The number of hydrogen-bond acceptors (Lipinski definition) is 2. The zero-order chi connectivity index (χ0) is 9.12. The van der Waals surface area contributed by atoms with E-state index in [9.17, 15) is 8.78 Å². The van der Waals surface area contributed by atoms with Gasteiger partial charge in [-0.25, -0.2) is 0 Å². The van der Waals surface area contributed by atoms with Crippen molar-refractivity contribution >= 4 is 15.9 Å². The van der Waals surface area contributed by atoms with Gasteiger partial charge in [0, 0.05) is 21.3 Å². The molecule has 0 aromatic rings. The maximum Gasteiger partial charge on any atom is 0.414 e. The van der Waals surface area contributed by atoms with E-state index in [0.29, 0.717) is 0 Å². The molecule has 0 rings (SSSR count). The Balaban J connectivity index is 3.70. The Morgan fingerprint density at radius 3 is 2.18 bits per heavy atom. The van der Waals surface area contributed by atoms with E-state index in [1.807, 2.05) is 15.9 Å². The predicted molar refractivity (Wildman–Crippen MR) is 40.7 cm³/mol. The van der Waals surface area contributed by atoms with E-state index in [1.165, 1.54) is 0 Å². The van der Waals surface area contributed by atoms with Crippen molar-refractivity contribution in [3.05, 3.63) is 0 Å². The Hall–Kier alpha value is 0.260. The van der Waals surface area contributed by atoms with E-state index in [1.54, 1.807) is 13.8 Å². The van der Waals surface area contributed by atoms with Crippen LogP contribution >= 0.6 is 15.9 Å². The molecule has 0 radical (unpaired) electrons. The predicted octanol–water partition coefficient (Wildman–Crippen LogP) is 1.97. The molecule has 0 saturated carbocycles. The average Bonchev–Trinajstić information content (AvgIpc) is 1.83. The number of aliphatic hydroxyl groups is 1. The monoisotopic (exact) mass is 232 g/mol. The summed E-state index contributed by atoms with van der Waals surface area (Å²) in [6.45, 7) is 2.88. The summed E-state index contributed by atoms with van der Waals surface area (Å²) in [5, 5.41) is 5.36. The Labute approximate surface area is 72.7 Å². The highest BCUT2D eigenvalue weighted by Crippen LogP contribution is 2.26. The van der Waals surface area contributed by atoms with Crippen molar-refractivity contribution in [2.75, 3.05) is 13.2 Å². The van der Waals surface area contributed by atoms with Crippen LogP contribution in [-0.2, 0) is 4.74 Å². The molecule has 0 aliphatic carbocycles. The highest BCUT2D eigenvalue weighted by atomic mass is 79.9. The molecule has 0 bridgehead atoms. The van der Waals surface area contributed by atoms with E-state index in [4.69, 9.17) is 5.11 Å². The number of hydrogen-bond donors (Lipinski definition) is 1. The molecule has 11 heavy (non-hydrogen) atoms. The highest BCUT2D eigenvalue weighted by molar-refractivity contribution is 9.09. The molecule has 0 aromatic carbocycles. The van der Waals surface area contributed by atoms with Crippen LogP contribution in [0.15, 0.2) is 0 Å². The summed E-state index contributed by atoms with van der Waals surface area (Å²) in [6, 6.07) is 0. The fraction of sp³-hybridized carbons (Fsp3) is 1.00. The SMILES string of the molecule is CC(C)(CO)COC(F)(F)Br. The fourth-order valence-corrected chi connectivity index (χ4v) is 0.437. The van der Waals surface area contributed by atoms with Gasteiger partial charge < -0.3 is 9.84 Å². The van der Waals surface area contributed by atoms with Gasteiger partial charge in [-0.2, -0.15) is 8.78 Å². The standard InChI is InChI=1S/C6H11BrF2O2/c1-5(2,3-10)4-11-6(7,8)9/h10H,3-4H2,1-2H3. The minimum Gasteiger partial charge on any atom is -0.396 e. The number of aliphatic hydroxyl groups excluding tert-OH is 1. The average molecular weight is 233 g/mol. The highest BCUT2D eigenvalue weighted by Gasteiger charge is 2.29. The summed E-state index contributed by atoms with van der Waals surface area (Å²) in [6.07, 6.45) is 0. The number of ether oxygens (including phenoxy) is 1. The van der Waals surface area contributed by atoms with Gasteiger partial charge in [-0.3, -0.25) is 0 Å². The van der Waals surface area contributed by atoms with Crippen LogP contribution in [0.3, 0.4) is 0 Å². The molecule has 0 unspecified atom stereocenters. The van der Waals surface area contributed by atoms with Gasteiger partial charge in [0.1, 0.15) is 0 Å². The lowest BCUT2D eigenvalue weighted by molar-refractivity contribution is -0.176. The van der Waals surface area contributed by atoms with Crippen molar-refractivity contribution in [3.63, 3.8) is 0 Å². The van der Waals surface area contributed by atoms with Crippen LogP contribution in [0.4, 0.5) is 8.78 Å². The van der Waals surface area contributed by atoms with E-state index in [0.717, 1.165) is 0 Å². The lowest BCUT2D eigenvalue weighted by atomic mass is 9.97. The van der Waals surface area contributed by atoms with E-state index < -0.39 is 10.4 Å². The van der Waals surface area contributed by atoms with Gasteiger partial charge in [0.25, 0.3) is 0 Å². The second-order valence-electron chi connectivity index (χ2n) is 3.06. The Kier molecular flexibility index (Phi) is 3.87. The Bertz CT molecular complexity index is 122. The molecule has 0 amide bonds. The Morgan fingerprint density at radius 2 is 1.91 bits per heavy atom. The molecule has 1 N–H and O–H groups in total.